The highest BCUT2D eigenvalue weighted by Crippen LogP contribution is 2.35. The molecule has 23 heavy (non-hydrogen) atoms. The van der Waals surface area contributed by atoms with E-state index >= 15 is 0 Å². The Morgan fingerprint density at radius 2 is 2.00 bits per heavy atom. The molecule has 6 heteroatoms. The summed E-state index contributed by atoms with van der Waals surface area (Å²) in [5.74, 6) is 0.636. The monoisotopic (exact) mass is 310 g/mol. The van der Waals surface area contributed by atoms with Crippen molar-refractivity contribution in [3.63, 3.8) is 0 Å². The molecule has 0 bridgehead atoms. The van der Waals surface area contributed by atoms with E-state index in [-0.39, 0.29) is 5.78 Å². The average Bonchev–Trinajstić information content (AvgIpc) is 2.94. The van der Waals surface area contributed by atoms with Gasteiger partial charge in [-0.2, -0.15) is 5.10 Å². The summed E-state index contributed by atoms with van der Waals surface area (Å²) in [6.07, 6.45) is 0.742. The maximum absolute atomic E-state index is 11.7. The van der Waals surface area contributed by atoms with Crippen LogP contribution in [-0.2, 0) is 6.42 Å². The quantitative estimate of drug-likeness (QED) is 0.693. The number of ketones is 1. The van der Waals surface area contributed by atoms with E-state index in [2.05, 4.69) is 15.3 Å². The first-order chi connectivity index (χ1) is 11.1. The molecule has 0 radical (unpaired) electrons. The van der Waals surface area contributed by atoms with Crippen molar-refractivity contribution in [2.45, 2.75) is 27.2 Å². The van der Waals surface area contributed by atoms with Crippen LogP contribution < -0.4 is 4.74 Å². The van der Waals surface area contributed by atoms with Crippen molar-refractivity contribution in [2.75, 3.05) is 7.11 Å². The summed E-state index contributed by atoms with van der Waals surface area (Å²) in [6.45, 7) is 5.35. The number of nitrogens with zero attached hydrogens (tertiary/aromatic N) is 4. The number of rotatable bonds is 4. The first-order valence-corrected chi connectivity index (χ1v) is 7.47. The molecule has 0 saturated carbocycles. The fraction of sp³-hybridized carbons (Fsp3) is 0.294. The van der Waals surface area contributed by atoms with Crippen LogP contribution >= 0.6 is 0 Å². The number of para-hydroxylation sites is 1. The molecule has 0 fully saturated rings. The first-order valence-electron chi connectivity index (χ1n) is 7.47. The summed E-state index contributed by atoms with van der Waals surface area (Å²) >= 11 is 0. The van der Waals surface area contributed by atoms with Crippen LogP contribution in [0.2, 0.25) is 0 Å². The zero-order valence-electron chi connectivity index (χ0n) is 13.6. The molecule has 0 saturated heterocycles. The van der Waals surface area contributed by atoms with Crippen molar-refractivity contribution in [1.82, 2.24) is 19.8 Å². The molecular weight excluding hydrogens is 292 g/mol. The fourth-order valence-electron chi connectivity index (χ4n) is 2.75. The molecule has 0 atom stereocenters. The minimum absolute atomic E-state index is 0.121. The molecule has 1 aromatic carbocycles. The normalized spacial score (nSPS) is 11.0. The Morgan fingerprint density at radius 1 is 1.26 bits per heavy atom. The van der Waals surface area contributed by atoms with E-state index in [1.807, 2.05) is 38.1 Å². The van der Waals surface area contributed by atoms with Gasteiger partial charge in [-0.3, -0.25) is 4.79 Å². The molecule has 0 aliphatic rings. The number of hydrogen-bond acceptors (Lipinski definition) is 5. The van der Waals surface area contributed by atoms with Crippen molar-refractivity contribution in [2.24, 2.45) is 0 Å². The molecule has 118 valence electrons. The fourth-order valence-corrected chi connectivity index (χ4v) is 2.75. The van der Waals surface area contributed by atoms with Crippen molar-refractivity contribution in [1.29, 1.82) is 0 Å². The minimum atomic E-state index is -0.121. The van der Waals surface area contributed by atoms with Crippen LogP contribution in [0.15, 0.2) is 24.3 Å². The number of carbonyl (C=O) groups is 1. The number of benzene rings is 1. The number of aromatic nitrogens is 4. The highest BCUT2D eigenvalue weighted by atomic mass is 16.5. The molecule has 0 unspecified atom stereocenters. The van der Waals surface area contributed by atoms with Crippen molar-refractivity contribution >= 4 is 11.4 Å². The van der Waals surface area contributed by atoms with E-state index in [0.717, 1.165) is 29.0 Å². The van der Waals surface area contributed by atoms with Gasteiger partial charge >= 0.3 is 0 Å². The minimum Gasteiger partial charge on any atom is -0.496 e. The lowest BCUT2D eigenvalue weighted by Gasteiger charge is -2.08. The number of ether oxygens (including phenoxy) is 1. The van der Waals surface area contributed by atoms with E-state index in [0.29, 0.717) is 17.0 Å². The second kappa shape index (κ2) is 5.79. The van der Waals surface area contributed by atoms with Crippen molar-refractivity contribution in [3.8, 4) is 16.9 Å². The zero-order valence-corrected chi connectivity index (χ0v) is 13.6. The molecule has 0 aliphatic carbocycles. The molecule has 0 spiro atoms. The summed E-state index contributed by atoms with van der Waals surface area (Å²) in [4.78, 5) is 11.7. The van der Waals surface area contributed by atoms with Crippen LogP contribution in [-0.4, -0.2) is 32.7 Å². The molecule has 2 heterocycles. The molecule has 0 N–H and O–H groups in total. The predicted molar refractivity (Wildman–Crippen MR) is 86.9 cm³/mol. The van der Waals surface area contributed by atoms with Gasteiger partial charge in [0.15, 0.2) is 11.4 Å². The number of aryl methyl sites for hydroxylation is 2. The summed E-state index contributed by atoms with van der Waals surface area (Å²) in [5.41, 5.74) is 4.39. The number of carbonyl (C=O) groups excluding carboxylic acids is 1. The maximum atomic E-state index is 11.7. The van der Waals surface area contributed by atoms with Gasteiger partial charge in [0.1, 0.15) is 11.4 Å². The second-order valence-corrected chi connectivity index (χ2v) is 5.30. The van der Waals surface area contributed by atoms with Gasteiger partial charge in [0.25, 0.3) is 0 Å². The lowest BCUT2D eigenvalue weighted by molar-refractivity contribution is 0.101. The highest BCUT2D eigenvalue weighted by molar-refractivity contribution is 5.93. The van der Waals surface area contributed by atoms with Gasteiger partial charge in [-0.25, -0.2) is 4.52 Å². The van der Waals surface area contributed by atoms with Gasteiger partial charge < -0.3 is 4.74 Å². The van der Waals surface area contributed by atoms with E-state index in [1.165, 1.54) is 6.92 Å². The number of fused-ring (bicyclic) bond motifs is 1. The van der Waals surface area contributed by atoms with E-state index in [1.54, 1.807) is 11.6 Å². The van der Waals surface area contributed by atoms with E-state index < -0.39 is 0 Å². The first kappa shape index (κ1) is 15.1. The van der Waals surface area contributed by atoms with E-state index in [4.69, 9.17) is 4.74 Å². The largest absolute Gasteiger partial charge is 0.496 e. The molecule has 3 rings (SSSR count). The Bertz CT molecular complexity index is 899. The highest BCUT2D eigenvalue weighted by Gasteiger charge is 2.21. The summed E-state index contributed by atoms with van der Waals surface area (Å²) in [7, 11) is 1.64. The van der Waals surface area contributed by atoms with Crippen LogP contribution in [0.1, 0.15) is 35.7 Å². The molecule has 3 aromatic rings. The van der Waals surface area contributed by atoms with Crippen molar-refractivity contribution in [3.05, 3.63) is 41.3 Å². The van der Waals surface area contributed by atoms with Crippen molar-refractivity contribution < 1.29 is 9.53 Å². The molecule has 6 nitrogen and oxygen atoms in total. The van der Waals surface area contributed by atoms with Gasteiger partial charge in [0, 0.05) is 12.5 Å². The van der Waals surface area contributed by atoms with Crippen LogP contribution in [0.4, 0.5) is 0 Å². The Hall–Kier alpha value is -2.76. The Labute approximate surface area is 134 Å². The standard InChI is InChI=1S/C17H18N4O2/c1-5-13-15(12-8-6-7-9-14(12)23-4)17-19-18-16(11(3)22)10(2)21(17)20-13/h6-9H,5H2,1-4H3. The van der Waals surface area contributed by atoms with Crippen LogP contribution in [0.5, 0.6) is 5.75 Å². The maximum Gasteiger partial charge on any atom is 0.185 e. The van der Waals surface area contributed by atoms with Gasteiger partial charge in [0.05, 0.1) is 24.1 Å². The third kappa shape index (κ3) is 2.36. The van der Waals surface area contributed by atoms with Gasteiger partial charge in [-0.1, -0.05) is 25.1 Å². The topological polar surface area (TPSA) is 69.4 Å². The molecule has 0 aliphatic heterocycles. The number of Topliss-reactive ketones (excluding diaryl/α,β-unsaturated/α-hetero) is 1. The van der Waals surface area contributed by atoms with Gasteiger partial charge in [0.2, 0.25) is 0 Å². The number of hydrogen-bond donors (Lipinski definition) is 0. The molecular formula is C17H18N4O2. The summed E-state index contributed by atoms with van der Waals surface area (Å²) in [6, 6.07) is 7.75. The summed E-state index contributed by atoms with van der Waals surface area (Å²) < 4.78 is 7.17. The lowest BCUT2D eigenvalue weighted by Crippen LogP contribution is -2.09. The second-order valence-electron chi connectivity index (χ2n) is 5.30. The Kier molecular flexibility index (Phi) is 3.82. The van der Waals surface area contributed by atoms with Gasteiger partial charge in [-0.15, -0.1) is 10.2 Å². The van der Waals surface area contributed by atoms with Gasteiger partial charge in [-0.05, 0) is 19.4 Å². The average molecular weight is 310 g/mol. The molecule has 2 aromatic heterocycles. The third-order valence-electron chi connectivity index (χ3n) is 3.88. The Morgan fingerprint density at radius 3 is 2.65 bits per heavy atom. The number of methoxy groups -OCH3 is 1. The van der Waals surface area contributed by atoms with Crippen LogP contribution in [0.25, 0.3) is 16.8 Å². The predicted octanol–water partition coefficient (Wildman–Crippen LogP) is 2.87. The summed E-state index contributed by atoms with van der Waals surface area (Å²) in [5, 5.41) is 13.0. The zero-order chi connectivity index (χ0) is 16.6. The smallest absolute Gasteiger partial charge is 0.185 e. The lowest BCUT2D eigenvalue weighted by atomic mass is 10.0. The SMILES string of the molecule is CCc1nn2c(C)c(C(C)=O)nnc2c1-c1ccccc1OC. The van der Waals surface area contributed by atoms with E-state index in [9.17, 15) is 4.79 Å². The molecule has 0 amide bonds. The van der Waals surface area contributed by atoms with Crippen LogP contribution in [0.3, 0.4) is 0 Å². The third-order valence-corrected chi connectivity index (χ3v) is 3.88. The van der Waals surface area contributed by atoms with Crippen LogP contribution in [0, 0.1) is 6.92 Å². The Balaban J connectivity index is 2.37.